The minimum Gasteiger partial charge on any atom is -0.332 e. The van der Waals surface area contributed by atoms with Gasteiger partial charge in [-0.15, -0.1) is 0 Å². The Morgan fingerprint density at radius 3 is 2.56 bits per heavy atom. The summed E-state index contributed by atoms with van der Waals surface area (Å²) in [6.07, 6.45) is 1.29. The van der Waals surface area contributed by atoms with Gasteiger partial charge in [0, 0.05) is 11.6 Å². The van der Waals surface area contributed by atoms with Crippen LogP contribution in [0.5, 0.6) is 0 Å². The van der Waals surface area contributed by atoms with Gasteiger partial charge in [0.25, 0.3) is 10.0 Å². The van der Waals surface area contributed by atoms with E-state index in [-0.39, 0.29) is 11.6 Å². The minimum absolute atomic E-state index is 0.0639. The van der Waals surface area contributed by atoms with Crippen LogP contribution in [-0.4, -0.2) is 18.4 Å². The molecule has 0 aliphatic heterocycles. The molecule has 2 aromatic rings. The third-order valence-corrected chi connectivity index (χ3v) is 3.91. The molecular weight excluding hydrogens is 274 g/mol. The number of nitrogens with zero attached hydrogens (tertiary/aromatic N) is 1. The number of benzene rings is 1. The standard InChI is InChI=1S/C11H12ClN3O2S/c1-8-13-7-11(15-8)18(16,17)14-6-9-2-4-10(12)5-3-9/h2-5,7,14H,6H2,1H3,(H,13,15). The van der Waals surface area contributed by atoms with Crippen LogP contribution in [0.25, 0.3) is 0 Å². The quantitative estimate of drug-likeness (QED) is 0.900. The maximum absolute atomic E-state index is 11.9. The monoisotopic (exact) mass is 285 g/mol. The molecule has 2 N–H and O–H groups in total. The van der Waals surface area contributed by atoms with Crippen molar-refractivity contribution < 1.29 is 8.42 Å². The average Bonchev–Trinajstić information content (AvgIpc) is 2.76. The molecule has 0 radical (unpaired) electrons. The van der Waals surface area contributed by atoms with Crippen LogP contribution >= 0.6 is 11.6 Å². The highest BCUT2D eigenvalue weighted by atomic mass is 35.5. The normalized spacial score (nSPS) is 11.7. The van der Waals surface area contributed by atoms with E-state index >= 15 is 0 Å². The number of H-pyrrole nitrogens is 1. The molecule has 0 aliphatic carbocycles. The lowest BCUT2D eigenvalue weighted by atomic mass is 10.2. The Morgan fingerprint density at radius 1 is 1.33 bits per heavy atom. The molecule has 7 heteroatoms. The largest absolute Gasteiger partial charge is 0.332 e. The van der Waals surface area contributed by atoms with Crippen molar-refractivity contribution in [1.29, 1.82) is 0 Å². The Bertz CT molecular complexity index is 635. The fraction of sp³-hybridized carbons (Fsp3) is 0.182. The SMILES string of the molecule is Cc1ncc(S(=O)(=O)NCc2ccc(Cl)cc2)[nH]1. The summed E-state index contributed by atoms with van der Waals surface area (Å²) in [5.74, 6) is 0.557. The Labute approximate surface area is 110 Å². The number of hydrogen-bond acceptors (Lipinski definition) is 3. The second kappa shape index (κ2) is 5.09. The first-order valence-corrected chi connectivity index (χ1v) is 7.09. The number of nitrogens with one attached hydrogen (secondary N) is 2. The van der Waals surface area contributed by atoms with Crippen molar-refractivity contribution in [2.45, 2.75) is 18.5 Å². The molecule has 5 nitrogen and oxygen atoms in total. The summed E-state index contributed by atoms with van der Waals surface area (Å²) in [6, 6.07) is 6.96. The molecule has 0 unspecified atom stereocenters. The first-order valence-electron chi connectivity index (χ1n) is 5.23. The van der Waals surface area contributed by atoms with Gasteiger partial charge < -0.3 is 4.98 Å². The molecular formula is C11H12ClN3O2S. The lowest BCUT2D eigenvalue weighted by Crippen LogP contribution is -2.23. The maximum Gasteiger partial charge on any atom is 0.257 e. The molecule has 18 heavy (non-hydrogen) atoms. The third-order valence-electron chi connectivity index (χ3n) is 2.35. The Kier molecular flexibility index (Phi) is 3.70. The van der Waals surface area contributed by atoms with Crippen LogP contribution in [0.2, 0.25) is 5.02 Å². The van der Waals surface area contributed by atoms with Crippen LogP contribution in [0, 0.1) is 6.92 Å². The molecule has 0 bridgehead atoms. The van der Waals surface area contributed by atoms with Crippen LogP contribution in [0.1, 0.15) is 11.4 Å². The molecule has 0 saturated heterocycles. The van der Waals surface area contributed by atoms with Crippen molar-refractivity contribution in [2.24, 2.45) is 0 Å². The number of aromatic nitrogens is 2. The lowest BCUT2D eigenvalue weighted by molar-refractivity contribution is 0.578. The molecule has 0 aliphatic rings. The van der Waals surface area contributed by atoms with Gasteiger partial charge in [0.05, 0.1) is 6.20 Å². The summed E-state index contributed by atoms with van der Waals surface area (Å²) in [5, 5.41) is 0.680. The van der Waals surface area contributed by atoms with Gasteiger partial charge in [-0.3, -0.25) is 0 Å². The zero-order valence-electron chi connectivity index (χ0n) is 9.64. The van der Waals surface area contributed by atoms with Crippen molar-refractivity contribution in [1.82, 2.24) is 14.7 Å². The Morgan fingerprint density at radius 2 is 2.00 bits per heavy atom. The van der Waals surface area contributed by atoms with Crippen LogP contribution < -0.4 is 4.72 Å². The smallest absolute Gasteiger partial charge is 0.257 e. The fourth-order valence-corrected chi connectivity index (χ4v) is 2.50. The molecule has 0 atom stereocenters. The van der Waals surface area contributed by atoms with Crippen molar-refractivity contribution in [2.75, 3.05) is 0 Å². The van der Waals surface area contributed by atoms with Crippen LogP contribution in [0.15, 0.2) is 35.5 Å². The van der Waals surface area contributed by atoms with Gasteiger partial charge in [0.15, 0.2) is 5.03 Å². The predicted octanol–water partition coefficient (Wildman–Crippen LogP) is 1.85. The second-order valence-corrected chi connectivity index (χ2v) is 5.96. The van der Waals surface area contributed by atoms with Gasteiger partial charge in [-0.1, -0.05) is 23.7 Å². The van der Waals surface area contributed by atoms with Gasteiger partial charge >= 0.3 is 0 Å². The van der Waals surface area contributed by atoms with E-state index in [1.54, 1.807) is 31.2 Å². The number of aryl methyl sites for hydroxylation is 1. The molecule has 1 heterocycles. The van der Waals surface area contributed by atoms with Gasteiger partial charge in [0.2, 0.25) is 0 Å². The highest BCUT2D eigenvalue weighted by Gasteiger charge is 2.15. The lowest BCUT2D eigenvalue weighted by Gasteiger charge is -2.04. The summed E-state index contributed by atoms with van der Waals surface area (Å²) in [7, 11) is -3.55. The summed E-state index contributed by atoms with van der Waals surface area (Å²) in [6.45, 7) is 1.90. The third kappa shape index (κ3) is 3.10. The molecule has 0 spiro atoms. The maximum atomic E-state index is 11.9. The number of sulfonamides is 1. The first kappa shape index (κ1) is 13.1. The zero-order valence-corrected chi connectivity index (χ0v) is 11.2. The molecule has 1 aromatic carbocycles. The van der Waals surface area contributed by atoms with Crippen molar-refractivity contribution in [3.8, 4) is 0 Å². The highest BCUT2D eigenvalue weighted by molar-refractivity contribution is 7.89. The number of hydrogen-bond donors (Lipinski definition) is 2. The van der Waals surface area contributed by atoms with E-state index in [1.165, 1.54) is 6.20 Å². The number of halogens is 1. The molecule has 0 fully saturated rings. The first-order chi connectivity index (χ1) is 8.47. The molecule has 2 rings (SSSR count). The zero-order chi connectivity index (χ0) is 13.2. The topological polar surface area (TPSA) is 74.8 Å². The van der Waals surface area contributed by atoms with E-state index in [0.29, 0.717) is 10.8 Å². The summed E-state index contributed by atoms with van der Waals surface area (Å²) in [4.78, 5) is 6.54. The van der Waals surface area contributed by atoms with Crippen LogP contribution in [0.4, 0.5) is 0 Å². The van der Waals surface area contributed by atoms with E-state index in [2.05, 4.69) is 14.7 Å². The highest BCUT2D eigenvalue weighted by Crippen LogP contribution is 2.10. The predicted molar refractivity (Wildman–Crippen MR) is 68.8 cm³/mol. The van der Waals surface area contributed by atoms with E-state index in [4.69, 9.17) is 11.6 Å². The fourth-order valence-electron chi connectivity index (χ4n) is 1.39. The van der Waals surface area contributed by atoms with E-state index in [1.807, 2.05) is 0 Å². The van der Waals surface area contributed by atoms with E-state index in [9.17, 15) is 8.42 Å². The van der Waals surface area contributed by atoms with Gasteiger partial charge in [-0.25, -0.2) is 18.1 Å². The van der Waals surface area contributed by atoms with Crippen molar-refractivity contribution in [3.05, 3.63) is 46.9 Å². The summed E-state index contributed by atoms with van der Waals surface area (Å²) < 4.78 is 26.2. The van der Waals surface area contributed by atoms with Crippen molar-refractivity contribution >= 4 is 21.6 Å². The summed E-state index contributed by atoms with van der Waals surface area (Å²) in [5.41, 5.74) is 0.833. The Balaban J connectivity index is 2.08. The average molecular weight is 286 g/mol. The number of aromatic amines is 1. The molecule has 0 amide bonds. The Hall–Kier alpha value is -1.37. The molecule has 96 valence electrons. The van der Waals surface area contributed by atoms with Crippen molar-refractivity contribution in [3.63, 3.8) is 0 Å². The second-order valence-electron chi connectivity index (χ2n) is 3.78. The van der Waals surface area contributed by atoms with Gasteiger partial charge in [-0.05, 0) is 24.6 Å². The van der Waals surface area contributed by atoms with Gasteiger partial charge in [-0.2, -0.15) is 0 Å². The van der Waals surface area contributed by atoms with Gasteiger partial charge in [0.1, 0.15) is 5.82 Å². The molecule has 1 aromatic heterocycles. The van der Waals surface area contributed by atoms with E-state index in [0.717, 1.165) is 5.56 Å². The van der Waals surface area contributed by atoms with Crippen LogP contribution in [0.3, 0.4) is 0 Å². The number of rotatable bonds is 4. The summed E-state index contributed by atoms with van der Waals surface area (Å²) >= 11 is 5.75. The van der Waals surface area contributed by atoms with Crippen LogP contribution in [-0.2, 0) is 16.6 Å². The molecule has 0 saturated carbocycles. The minimum atomic E-state index is -3.55. The van der Waals surface area contributed by atoms with E-state index < -0.39 is 10.0 Å². The number of imidazole rings is 1.